The fourth-order valence-electron chi connectivity index (χ4n) is 1.88. The quantitative estimate of drug-likeness (QED) is 0.548. The highest BCUT2D eigenvalue weighted by Gasteiger charge is 2.27. The summed E-state index contributed by atoms with van der Waals surface area (Å²) in [6, 6.07) is 13.2. The van der Waals surface area contributed by atoms with Crippen LogP contribution in [0.2, 0.25) is 38.3 Å². The van der Waals surface area contributed by atoms with Gasteiger partial charge >= 0.3 is 0 Å². The first-order valence-electron chi connectivity index (χ1n) is 6.06. The molecule has 1 atom stereocenters. The zero-order valence-electron chi connectivity index (χ0n) is 10.9. The molecule has 0 saturated heterocycles. The fraction of sp³-hybridized carbons (Fsp3) is 0.538. The Hall–Kier alpha value is -0.0562. The molecule has 0 bridgehead atoms. The molecule has 0 amide bonds. The van der Waals surface area contributed by atoms with E-state index in [0.29, 0.717) is 0 Å². The van der Waals surface area contributed by atoms with Crippen LogP contribution in [-0.2, 0) is 0 Å². The van der Waals surface area contributed by atoms with Gasteiger partial charge in [0.15, 0.2) is 7.38 Å². The van der Waals surface area contributed by atoms with Crippen molar-refractivity contribution in [3.8, 4) is 0 Å². The van der Waals surface area contributed by atoms with Crippen LogP contribution in [0.15, 0.2) is 30.3 Å². The summed E-state index contributed by atoms with van der Waals surface area (Å²) < 4.78 is 0. The maximum absolute atomic E-state index is 6.74. The van der Waals surface area contributed by atoms with Gasteiger partial charge in [0.2, 0.25) is 0 Å². The average Bonchev–Trinajstić information content (AvgIpc) is 2.17. The Morgan fingerprint density at radius 2 is 1.50 bits per heavy atom. The van der Waals surface area contributed by atoms with Crippen molar-refractivity contribution in [2.24, 2.45) is 0 Å². The molecule has 0 heterocycles. The predicted molar refractivity (Wildman–Crippen MR) is 81.1 cm³/mol. The Labute approximate surface area is 107 Å². The first-order chi connectivity index (χ1) is 7.31. The van der Waals surface area contributed by atoms with Crippen LogP contribution in [0.4, 0.5) is 0 Å². The molecule has 90 valence electrons. The predicted octanol–water partition coefficient (Wildman–Crippen LogP) is 4.44. The molecule has 1 rings (SSSR count). The van der Waals surface area contributed by atoms with Gasteiger partial charge in [-0.05, 0) is 11.2 Å². The van der Waals surface area contributed by atoms with Crippen molar-refractivity contribution in [3.05, 3.63) is 30.3 Å². The summed E-state index contributed by atoms with van der Waals surface area (Å²) in [6.45, 7) is 9.57. The van der Waals surface area contributed by atoms with E-state index in [9.17, 15) is 0 Å². The number of rotatable bonds is 5. The van der Waals surface area contributed by atoms with E-state index < -0.39 is 15.5 Å². The highest BCUT2D eigenvalue weighted by molar-refractivity contribution is 7.26. The SMILES string of the molecule is C[Si](C)(C)CCC[Si](C)(Cl)c1ccccc1. The molecular formula is C13H23ClSi2. The molecule has 0 radical (unpaired) electrons. The van der Waals surface area contributed by atoms with E-state index in [1.54, 1.807) is 0 Å². The number of benzene rings is 1. The molecule has 0 aliphatic heterocycles. The monoisotopic (exact) mass is 270 g/mol. The Kier molecular flexibility index (Phi) is 4.83. The number of hydrogen-bond acceptors (Lipinski definition) is 0. The van der Waals surface area contributed by atoms with E-state index in [1.165, 1.54) is 23.7 Å². The van der Waals surface area contributed by atoms with E-state index >= 15 is 0 Å². The van der Waals surface area contributed by atoms with Crippen LogP contribution >= 0.6 is 11.1 Å². The van der Waals surface area contributed by atoms with Gasteiger partial charge in [0, 0.05) is 8.07 Å². The lowest BCUT2D eigenvalue weighted by Crippen LogP contribution is -2.38. The summed E-state index contributed by atoms with van der Waals surface area (Å²) in [5.74, 6) is 0. The average molecular weight is 271 g/mol. The molecule has 0 spiro atoms. The number of hydrogen-bond donors (Lipinski definition) is 0. The minimum atomic E-state index is -1.68. The summed E-state index contributed by atoms with van der Waals surface area (Å²) in [7, 11) is -2.58. The topological polar surface area (TPSA) is 0 Å². The lowest BCUT2D eigenvalue weighted by atomic mass is 10.4. The van der Waals surface area contributed by atoms with Crippen molar-refractivity contribution < 1.29 is 0 Å². The van der Waals surface area contributed by atoms with Gasteiger partial charge in [-0.25, -0.2) is 0 Å². The second-order valence-electron chi connectivity index (χ2n) is 5.98. The molecule has 16 heavy (non-hydrogen) atoms. The molecule has 0 saturated carbocycles. The van der Waals surface area contributed by atoms with Gasteiger partial charge in [-0.2, -0.15) is 11.1 Å². The van der Waals surface area contributed by atoms with Crippen molar-refractivity contribution in [1.29, 1.82) is 0 Å². The summed E-state index contributed by atoms with van der Waals surface area (Å²) in [6.07, 6.45) is 1.30. The third kappa shape index (κ3) is 4.85. The van der Waals surface area contributed by atoms with E-state index in [0.717, 1.165) is 0 Å². The van der Waals surface area contributed by atoms with Crippen molar-refractivity contribution in [2.45, 2.75) is 44.7 Å². The van der Waals surface area contributed by atoms with Crippen LogP contribution in [0.1, 0.15) is 6.42 Å². The minimum absolute atomic E-state index is 0.894. The Morgan fingerprint density at radius 3 is 2.00 bits per heavy atom. The smallest absolute Gasteiger partial charge is 0.161 e. The summed E-state index contributed by atoms with van der Waals surface area (Å²) in [5, 5.41) is 1.38. The van der Waals surface area contributed by atoms with E-state index in [4.69, 9.17) is 11.1 Å². The molecule has 1 unspecified atom stereocenters. The van der Waals surface area contributed by atoms with E-state index in [-0.39, 0.29) is 0 Å². The van der Waals surface area contributed by atoms with Crippen molar-refractivity contribution in [3.63, 3.8) is 0 Å². The second-order valence-corrected chi connectivity index (χ2v) is 17.6. The van der Waals surface area contributed by atoms with Crippen LogP contribution in [-0.4, -0.2) is 15.5 Å². The Bertz CT molecular complexity index is 314. The van der Waals surface area contributed by atoms with Gasteiger partial charge in [-0.1, -0.05) is 69.0 Å². The van der Waals surface area contributed by atoms with Crippen molar-refractivity contribution in [1.82, 2.24) is 0 Å². The highest BCUT2D eigenvalue weighted by atomic mass is 35.6. The van der Waals surface area contributed by atoms with Crippen molar-refractivity contribution in [2.75, 3.05) is 0 Å². The van der Waals surface area contributed by atoms with E-state index in [1.807, 2.05) is 0 Å². The summed E-state index contributed by atoms with van der Waals surface area (Å²) >= 11 is 6.74. The molecular weight excluding hydrogens is 248 g/mol. The van der Waals surface area contributed by atoms with Crippen LogP contribution in [0, 0.1) is 0 Å². The first-order valence-corrected chi connectivity index (χ1v) is 13.5. The maximum atomic E-state index is 6.74. The first kappa shape index (κ1) is 14.0. The molecule has 3 heteroatoms. The number of halogens is 1. The molecule has 0 N–H and O–H groups in total. The fourth-order valence-corrected chi connectivity index (χ4v) is 6.27. The molecule has 0 aromatic heterocycles. The molecule has 0 fully saturated rings. The van der Waals surface area contributed by atoms with Gasteiger partial charge in [-0.3, -0.25) is 0 Å². The normalized spacial score (nSPS) is 15.8. The zero-order chi connectivity index (χ0) is 12.2. The second kappa shape index (κ2) is 5.52. The van der Waals surface area contributed by atoms with E-state index in [2.05, 4.69) is 56.5 Å². The molecule has 1 aromatic carbocycles. The molecule has 1 aromatic rings. The van der Waals surface area contributed by atoms with Crippen LogP contribution in [0.5, 0.6) is 0 Å². The minimum Gasteiger partial charge on any atom is -0.161 e. The van der Waals surface area contributed by atoms with Crippen LogP contribution in [0.3, 0.4) is 0 Å². The van der Waals surface area contributed by atoms with Gasteiger partial charge < -0.3 is 0 Å². The largest absolute Gasteiger partial charge is 0.183 e. The lowest BCUT2D eigenvalue weighted by Gasteiger charge is -2.22. The maximum Gasteiger partial charge on any atom is 0.183 e. The highest BCUT2D eigenvalue weighted by Crippen LogP contribution is 2.22. The zero-order valence-corrected chi connectivity index (χ0v) is 13.6. The third-order valence-corrected chi connectivity index (χ3v) is 8.85. The van der Waals surface area contributed by atoms with Gasteiger partial charge in [0.1, 0.15) is 0 Å². The Balaban J connectivity index is 2.53. The summed E-state index contributed by atoms with van der Waals surface area (Å²) in [4.78, 5) is 0. The van der Waals surface area contributed by atoms with Gasteiger partial charge in [0.05, 0.1) is 0 Å². The standard InChI is InChI=1S/C13H23ClSi2/c1-15(2,3)11-8-12-16(4,14)13-9-6-5-7-10-13/h5-7,9-10H,8,11-12H2,1-4H3. The third-order valence-electron chi connectivity index (χ3n) is 2.95. The summed E-state index contributed by atoms with van der Waals surface area (Å²) in [5.41, 5.74) is 0. The molecule has 0 nitrogen and oxygen atoms in total. The lowest BCUT2D eigenvalue weighted by molar-refractivity contribution is 1.03. The van der Waals surface area contributed by atoms with Crippen molar-refractivity contribution >= 4 is 31.7 Å². The Morgan fingerprint density at radius 1 is 0.938 bits per heavy atom. The van der Waals surface area contributed by atoms with Crippen LogP contribution in [0.25, 0.3) is 0 Å². The van der Waals surface area contributed by atoms with Gasteiger partial charge in [-0.15, -0.1) is 0 Å². The molecule has 0 aliphatic carbocycles. The molecule has 0 aliphatic rings. The van der Waals surface area contributed by atoms with Gasteiger partial charge in [0.25, 0.3) is 0 Å². The van der Waals surface area contributed by atoms with Crippen LogP contribution < -0.4 is 5.19 Å².